The van der Waals surface area contributed by atoms with Crippen molar-refractivity contribution >= 4 is 22.7 Å². The molecule has 0 spiro atoms. The zero-order valence-electron chi connectivity index (χ0n) is 21.7. The molecule has 0 aromatic heterocycles. The van der Waals surface area contributed by atoms with E-state index >= 15 is 0 Å². The van der Waals surface area contributed by atoms with Crippen molar-refractivity contribution in [2.24, 2.45) is 0 Å². The largest absolute Gasteiger partial charge is 0.335 e. The van der Waals surface area contributed by atoms with Gasteiger partial charge in [0.25, 0.3) is 0 Å². The Labute approximate surface area is 200 Å². The molecule has 0 bridgehead atoms. The van der Waals surface area contributed by atoms with Crippen LogP contribution in [-0.4, -0.2) is 11.1 Å². The van der Waals surface area contributed by atoms with Gasteiger partial charge < -0.3 is 9.80 Å². The van der Waals surface area contributed by atoms with Crippen LogP contribution in [0.1, 0.15) is 72.1 Å². The highest BCUT2D eigenvalue weighted by Gasteiger charge is 2.53. The minimum atomic E-state index is -0.0561. The molecule has 0 saturated heterocycles. The van der Waals surface area contributed by atoms with E-state index in [4.69, 9.17) is 0 Å². The molecule has 2 heterocycles. The second-order valence-electron chi connectivity index (χ2n) is 12.1. The number of rotatable bonds is 2. The molecule has 0 N–H and O–H groups in total. The first-order valence-electron chi connectivity index (χ1n) is 12.2. The Hall–Kier alpha value is -2.74. The van der Waals surface area contributed by atoms with Gasteiger partial charge in [0.05, 0.1) is 0 Å². The third-order valence-corrected chi connectivity index (χ3v) is 9.38. The highest BCUT2D eigenvalue weighted by Crippen LogP contribution is 2.57. The maximum atomic E-state index is 2.57. The second-order valence-corrected chi connectivity index (χ2v) is 12.1. The first kappa shape index (κ1) is 22.1. The van der Waals surface area contributed by atoms with E-state index in [1.165, 1.54) is 39.4 Å². The average Bonchev–Trinajstić information content (AvgIpc) is 2.99. The molecule has 0 unspecified atom stereocenters. The molecule has 0 radical (unpaired) electrons. The number of nitrogens with zero attached hydrogens (tertiary/aromatic N) is 2. The SMILES string of the molecule is Cc1cc(N2c3ccccc3C(C)(C)C2(C)C)cc(N2c3ccccc3C(C)(C)C2(C)C)c1. The summed E-state index contributed by atoms with van der Waals surface area (Å²) < 4.78 is 0. The average molecular weight is 439 g/mol. The number of benzene rings is 3. The summed E-state index contributed by atoms with van der Waals surface area (Å²) >= 11 is 0. The molecule has 2 aliphatic heterocycles. The van der Waals surface area contributed by atoms with Gasteiger partial charge in [-0.05, 0) is 81.6 Å². The van der Waals surface area contributed by atoms with Gasteiger partial charge in [0.15, 0.2) is 0 Å². The van der Waals surface area contributed by atoms with Crippen molar-refractivity contribution in [3.8, 4) is 0 Å². The molecule has 172 valence electrons. The number of fused-ring (bicyclic) bond motifs is 2. The van der Waals surface area contributed by atoms with Gasteiger partial charge in [-0.15, -0.1) is 0 Å². The number of aryl methyl sites for hydroxylation is 1. The molecule has 2 heteroatoms. The van der Waals surface area contributed by atoms with Crippen LogP contribution in [0.3, 0.4) is 0 Å². The summed E-state index contributed by atoms with van der Waals surface area (Å²) in [5.41, 5.74) is 9.28. The molecule has 33 heavy (non-hydrogen) atoms. The Balaban J connectivity index is 1.72. The molecular weight excluding hydrogens is 400 g/mol. The van der Waals surface area contributed by atoms with E-state index in [0.717, 1.165) is 0 Å². The Morgan fingerprint density at radius 1 is 0.515 bits per heavy atom. The molecule has 2 nitrogen and oxygen atoms in total. The number of anilines is 4. The summed E-state index contributed by atoms with van der Waals surface area (Å²) in [6.07, 6.45) is 0. The summed E-state index contributed by atoms with van der Waals surface area (Å²) in [6.45, 7) is 21.3. The lowest BCUT2D eigenvalue weighted by Gasteiger charge is -2.44. The first-order chi connectivity index (χ1) is 15.3. The Morgan fingerprint density at radius 2 is 0.879 bits per heavy atom. The van der Waals surface area contributed by atoms with E-state index in [0.29, 0.717) is 0 Å². The van der Waals surface area contributed by atoms with Crippen molar-refractivity contribution in [1.82, 2.24) is 0 Å². The third-order valence-electron chi connectivity index (χ3n) is 9.38. The van der Waals surface area contributed by atoms with Crippen molar-refractivity contribution in [1.29, 1.82) is 0 Å². The monoisotopic (exact) mass is 438 g/mol. The fourth-order valence-corrected chi connectivity index (χ4v) is 6.14. The van der Waals surface area contributed by atoms with Crippen LogP contribution >= 0.6 is 0 Å². The van der Waals surface area contributed by atoms with Gasteiger partial charge in [-0.3, -0.25) is 0 Å². The second kappa shape index (κ2) is 6.65. The molecule has 5 rings (SSSR count). The predicted octanol–water partition coefficient (Wildman–Crippen LogP) is 8.41. The molecular formula is C31H38N2. The van der Waals surface area contributed by atoms with Crippen LogP contribution in [-0.2, 0) is 10.8 Å². The Morgan fingerprint density at radius 3 is 1.27 bits per heavy atom. The highest BCUT2D eigenvalue weighted by molar-refractivity contribution is 5.82. The standard InChI is InChI=1S/C31H38N2/c1-21-18-22(32-26-16-12-10-14-24(26)28(2,3)30(32,6)7)20-23(19-21)33-27-17-13-11-15-25(27)29(4,5)31(33,8)9/h10-20H,1-9H3. The van der Waals surface area contributed by atoms with Gasteiger partial charge in [-0.1, -0.05) is 64.1 Å². The number of hydrogen-bond acceptors (Lipinski definition) is 2. The van der Waals surface area contributed by atoms with Gasteiger partial charge in [-0.25, -0.2) is 0 Å². The molecule has 0 fully saturated rings. The van der Waals surface area contributed by atoms with E-state index in [1.807, 2.05) is 0 Å². The fraction of sp³-hybridized carbons (Fsp3) is 0.419. The molecule has 2 aliphatic rings. The molecule has 0 amide bonds. The number of para-hydroxylation sites is 2. The van der Waals surface area contributed by atoms with Crippen molar-refractivity contribution in [2.45, 2.75) is 84.2 Å². The fourth-order valence-electron chi connectivity index (χ4n) is 6.14. The summed E-state index contributed by atoms with van der Waals surface area (Å²) in [5.74, 6) is 0. The Kier molecular flexibility index (Phi) is 4.45. The quantitative estimate of drug-likeness (QED) is 0.396. The van der Waals surface area contributed by atoms with Gasteiger partial charge in [-0.2, -0.15) is 0 Å². The van der Waals surface area contributed by atoms with Gasteiger partial charge in [0.2, 0.25) is 0 Å². The lowest BCUT2D eigenvalue weighted by Crippen LogP contribution is -2.49. The zero-order valence-corrected chi connectivity index (χ0v) is 21.7. The molecule has 0 aliphatic carbocycles. The molecule has 0 atom stereocenters. The van der Waals surface area contributed by atoms with Crippen molar-refractivity contribution in [3.05, 3.63) is 83.4 Å². The van der Waals surface area contributed by atoms with Crippen molar-refractivity contribution < 1.29 is 0 Å². The lowest BCUT2D eigenvalue weighted by atomic mass is 9.72. The van der Waals surface area contributed by atoms with Crippen LogP contribution in [0.5, 0.6) is 0 Å². The van der Waals surface area contributed by atoms with Crippen LogP contribution in [0.25, 0.3) is 0 Å². The highest BCUT2D eigenvalue weighted by atomic mass is 15.3. The van der Waals surface area contributed by atoms with E-state index in [-0.39, 0.29) is 21.9 Å². The van der Waals surface area contributed by atoms with Gasteiger partial charge in [0, 0.05) is 44.7 Å². The summed E-state index contributed by atoms with van der Waals surface area (Å²) in [6, 6.07) is 25.0. The van der Waals surface area contributed by atoms with Crippen molar-refractivity contribution in [3.63, 3.8) is 0 Å². The molecule has 3 aromatic rings. The first-order valence-corrected chi connectivity index (χ1v) is 12.2. The van der Waals surface area contributed by atoms with Crippen LogP contribution in [0.2, 0.25) is 0 Å². The van der Waals surface area contributed by atoms with Crippen LogP contribution < -0.4 is 9.80 Å². The summed E-state index contributed by atoms with van der Waals surface area (Å²) in [4.78, 5) is 5.14. The van der Waals surface area contributed by atoms with Crippen LogP contribution in [0, 0.1) is 6.92 Å². The van der Waals surface area contributed by atoms with E-state index in [1.54, 1.807) is 0 Å². The van der Waals surface area contributed by atoms with Gasteiger partial charge >= 0.3 is 0 Å². The third kappa shape index (κ3) is 2.73. The zero-order chi connectivity index (χ0) is 24.0. The van der Waals surface area contributed by atoms with E-state index < -0.39 is 0 Å². The smallest absolute Gasteiger partial charge is 0.0487 e. The van der Waals surface area contributed by atoms with E-state index in [9.17, 15) is 0 Å². The van der Waals surface area contributed by atoms with Gasteiger partial charge in [0.1, 0.15) is 0 Å². The minimum absolute atomic E-state index is 0.0367. The predicted molar refractivity (Wildman–Crippen MR) is 143 cm³/mol. The minimum Gasteiger partial charge on any atom is -0.335 e. The summed E-state index contributed by atoms with van der Waals surface area (Å²) in [5, 5.41) is 0. The number of hydrogen-bond donors (Lipinski definition) is 0. The maximum absolute atomic E-state index is 2.57. The Bertz CT molecular complexity index is 1150. The topological polar surface area (TPSA) is 6.48 Å². The lowest BCUT2D eigenvalue weighted by molar-refractivity contribution is 0.329. The normalized spacial score (nSPS) is 21.1. The van der Waals surface area contributed by atoms with Crippen LogP contribution in [0.4, 0.5) is 22.7 Å². The summed E-state index contributed by atoms with van der Waals surface area (Å²) in [7, 11) is 0. The maximum Gasteiger partial charge on any atom is 0.0487 e. The van der Waals surface area contributed by atoms with E-state index in [2.05, 4.69) is 139 Å². The molecule has 3 aromatic carbocycles. The molecule has 0 saturated carbocycles. The van der Waals surface area contributed by atoms with Crippen molar-refractivity contribution in [2.75, 3.05) is 9.80 Å². The van der Waals surface area contributed by atoms with Crippen LogP contribution in [0.15, 0.2) is 66.7 Å².